The Labute approximate surface area is 119 Å². The zero-order chi connectivity index (χ0) is 14.4. The molecule has 0 fully saturated rings. The van der Waals surface area contributed by atoms with Crippen LogP contribution >= 0.6 is 0 Å². The number of hydrogen-bond acceptors (Lipinski definition) is 3. The molecule has 2 rings (SSSR count). The van der Waals surface area contributed by atoms with Crippen LogP contribution in [-0.4, -0.2) is 22.2 Å². The number of hydrogen-bond donors (Lipinski definition) is 2. The molecule has 0 bridgehead atoms. The van der Waals surface area contributed by atoms with E-state index in [-0.39, 0.29) is 5.91 Å². The van der Waals surface area contributed by atoms with Crippen LogP contribution in [0.4, 0.5) is 5.69 Å². The summed E-state index contributed by atoms with van der Waals surface area (Å²) in [7, 11) is 0. The number of nitrogens with one attached hydrogen (secondary N) is 2. The molecule has 2 N–H and O–H groups in total. The van der Waals surface area contributed by atoms with Gasteiger partial charge in [0.15, 0.2) is 0 Å². The van der Waals surface area contributed by atoms with Gasteiger partial charge in [-0.2, -0.15) is 5.10 Å². The van der Waals surface area contributed by atoms with E-state index >= 15 is 0 Å². The SMILES string of the molecule is CCNCc1cccc(NC(=O)c2cnn(CC)c2)c1. The Balaban J connectivity index is 2.03. The van der Waals surface area contributed by atoms with E-state index in [2.05, 4.69) is 22.7 Å². The number of aromatic nitrogens is 2. The highest BCUT2D eigenvalue weighted by molar-refractivity contribution is 6.03. The Kier molecular flexibility index (Phi) is 4.90. The molecule has 2 aromatic rings. The number of rotatable bonds is 6. The highest BCUT2D eigenvalue weighted by atomic mass is 16.1. The van der Waals surface area contributed by atoms with Crippen LogP contribution in [0.2, 0.25) is 0 Å². The zero-order valence-electron chi connectivity index (χ0n) is 11.9. The van der Waals surface area contributed by atoms with Crippen molar-refractivity contribution in [3.05, 3.63) is 47.8 Å². The third-order valence-corrected chi connectivity index (χ3v) is 2.98. The molecule has 0 aliphatic carbocycles. The van der Waals surface area contributed by atoms with Crippen LogP contribution in [0.15, 0.2) is 36.7 Å². The second-order valence-electron chi connectivity index (χ2n) is 4.52. The topological polar surface area (TPSA) is 58.9 Å². The number of amides is 1. The molecule has 0 unspecified atom stereocenters. The third-order valence-electron chi connectivity index (χ3n) is 2.98. The van der Waals surface area contributed by atoms with Crippen LogP contribution in [0.25, 0.3) is 0 Å². The first-order valence-electron chi connectivity index (χ1n) is 6.86. The Bertz CT molecular complexity index is 577. The predicted octanol–water partition coefficient (Wildman–Crippen LogP) is 2.26. The first-order valence-corrected chi connectivity index (χ1v) is 6.86. The van der Waals surface area contributed by atoms with Crippen molar-refractivity contribution in [2.24, 2.45) is 0 Å². The lowest BCUT2D eigenvalue weighted by atomic mass is 10.2. The summed E-state index contributed by atoms with van der Waals surface area (Å²) in [5, 5.41) is 10.3. The van der Waals surface area contributed by atoms with Crippen molar-refractivity contribution in [3.8, 4) is 0 Å². The molecule has 0 atom stereocenters. The molecule has 5 heteroatoms. The second kappa shape index (κ2) is 6.86. The maximum absolute atomic E-state index is 12.1. The largest absolute Gasteiger partial charge is 0.322 e. The molecule has 1 heterocycles. The first-order chi connectivity index (χ1) is 9.72. The van der Waals surface area contributed by atoms with Crippen molar-refractivity contribution < 1.29 is 4.79 Å². The van der Waals surface area contributed by atoms with E-state index in [1.54, 1.807) is 17.1 Å². The lowest BCUT2D eigenvalue weighted by Gasteiger charge is -2.07. The molecule has 0 saturated carbocycles. The molecule has 0 aliphatic rings. The number of carbonyl (C=O) groups is 1. The van der Waals surface area contributed by atoms with E-state index in [0.717, 1.165) is 30.9 Å². The number of carbonyl (C=O) groups excluding carboxylic acids is 1. The van der Waals surface area contributed by atoms with Gasteiger partial charge in [-0.05, 0) is 31.2 Å². The van der Waals surface area contributed by atoms with E-state index in [4.69, 9.17) is 0 Å². The molecule has 1 aromatic carbocycles. The van der Waals surface area contributed by atoms with Gasteiger partial charge in [-0.3, -0.25) is 9.48 Å². The van der Waals surface area contributed by atoms with Gasteiger partial charge in [-0.1, -0.05) is 19.1 Å². The number of anilines is 1. The summed E-state index contributed by atoms with van der Waals surface area (Å²) in [5.41, 5.74) is 2.52. The summed E-state index contributed by atoms with van der Waals surface area (Å²) in [4.78, 5) is 12.1. The van der Waals surface area contributed by atoms with Crippen LogP contribution in [0.1, 0.15) is 29.8 Å². The lowest BCUT2D eigenvalue weighted by molar-refractivity contribution is 0.102. The molecule has 5 nitrogen and oxygen atoms in total. The Morgan fingerprint density at radius 2 is 2.20 bits per heavy atom. The summed E-state index contributed by atoms with van der Waals surface area (Å²) in [5.74, 6) is -0.134. The van der Waals surface area contributed by atoms with Crippen molar-refractivity contribution in [1.82, 2.24) is 15.1 Å². The quantitative estimate of drug-likeness (QED) is 0.848. The molecule has 1 amide bonds. The van der Waals surface area contributed by atoms with Crippen LogP contribution in [-0.2, 0) is 13.1 Å². The molecule has 20 heavy (non-hydrogen) atoms. The minimum Gasteiger partial charge on any atom is -0.322 e. The van der Waals surface area contributed by atoms with Gasteiger partial charge in [0.2, 0.25) is 0 Å². The average Bonchev–Trinajstić information content (AvgIpc) is 2.94. The summed E-state index contributed by atoms with van der Waals surface area (Å²) < 4.78 is 1.73. The maximum Gasteiger partial charge on any atom is 0.258 e. The fourth-order valence-electron chi connectivity index (χ4n) is 1.89. The van der Waals surface area contributed by atoms with Crippen LogP contribution in [0.5, 0.6) is 0 Å². The Morgan fingerprint density at radius 3 is 2.90 bits per heavy atom. The van der Waals surface area contributed by atoms with Crippen LogP contribution in [0, 0.1) is 0 Å². The van der Waals surface area contributed by atoms with Crippen molar-refractivity contribution >= 4 is 11.6 Å². The molecule has 0 aliphatic heterocycles. The molecular weight excluding hydrogens is 252 g/mol. The summed E-state index contributed by atoms with van der Waals surface area (Å²) in [6, 6.07) is 7.84. The van der Waals surface area contributed by atoms with E-state index in [9.17, 15) is 4.79 Å². The molecule has 106 valence electrons. The van der Waals surface area contributed by atoms with Gasteiger partial charge in [0.1, 0.15) is 0 Å². The van der Waals surface area contributed by atoms with Gasteiger partial charge in [0.05, 0.1) is 11.8 Å². The molecule has 0 radical (unpaired) electrons. The van der Waals surface area contributed by atoms with Gasteiger partial charge in [0.25, 0.3) is 5.91 Å². The van der Waals surface area contributed by atoms with E-state index in [1.807, 2.05) is 31.2 Å². The van der Waals surface area contributed by atoms with Crippen molar-refractivity contribution in [3.63, 3.8) is 0 Å². The third kappa shape index (κ3) is 3.68. The van der Waals surface area contributed by atoms with E-state index in [1.165, 1.54) is 0 Å². The fraction of sp³-hybridized carbons (Fsp3) is 0.333. The molecular formula is C15H20N4O. The lowest BCUT2D eigenvalue weighted by Crippen LogP contribution is -2.13. The molecule has 0 spiro atoms. The van der Waals surface area contributed by atoms with Gasteiger partial charge in [-0.15, -0.1) is 0 Å². The average molecular weight is 272 g/mol. The van der Waals surface area contributed by atoms with E-state index in [0.29, 0.717) is 5.56 Å². The standard InChI is InChI=1S/C15H20N4O/c1-3-16-9-12-6-5-7-14(8-12)18-15(20)13-10-17-19(4-2)11-13/h5-8,10-11,16H,3-4,9H2,1-2H3,(H,18,20). The predicted molar refractivity (Wildman–Crippen MR) is 79.7 cm³/mol. The zero-order valence-corrected chi connectivity index (χ0v) is 11.9. The summed E-state index contributed by atoms with van der Waals surface area (Å²) in [6.07, 6.45) is 3.33. The number of nitrogens with zero attached hydrogens (tertiary/aromatic N) is 2. The highest BCUT2D eigenvalue weighted by Crippen LogP contribution is 2.12. The fourth-order valence-corrected chi connectivity index (χ4v) is 1.89. The van der Waals surface area contributed by atoms with Gasteiger partial charge >= 0.3 is 0 Å². The normalized spacial score (nSPS) is 10.5. The summed E-state index contributed by atoms with van der Waals surface area (Å²) >= 11 is 0. The second-order valence-corrected chi connectivity index (χ2v) is 4.52. The van der Waals surface area contributed by atoms with Gasteiger partial charge in [-0.25, -0.2) is 0 Å². The van der Waals surface area contributed by atoms with Crippen molar-refractivity contribution in [2.75, 3.05) is 11.9 Å². The van der Waals surface area contributed by atoms with Crippen molar-refractivity contribution in [2.45, 2.75) is 26.9 Å². The number of benzene rings is 1. The first kappa shape index (κ1) is 14.3. The minimum absolute atomic E-state index is 0.134. The molecule has 1 aromatic heterocycles. The van der Waals surface area contributed by atoms with Crippen molar-refractivity contribution in [1.29, 1.82) is 0 Å². The van der Waals surface area contributed by atoms with E-state index < -0.39 is 0 Å². The van der Waals surface area contributed by atoms with Gasteiger partial charge < -0.3 is 10.6 Å². The highest BCUT2D eigenvalue weighted by Gasteiger charge is 2.08. The molecule has 0 saturated heterocycles. The maximum atomic E-state index is 12.1. The Morgan fingerprint density at radius 1 is 1.35 bits per heavy atom. The summed E-state index contributed by atoms with van der Waals surface area (Å²) in [6.45, 7) is 6.53. The number of aryl methyl sites for hydroxylation is 1. The monoisotopic (exact) mass is 272 g/mol. The minimum atomic E-state index is -0.134. The van der Waals surface area contributed by atoms with Crippen LogP contribution < -0.4 is 10.6 Å². The van der Waals surface area contributed by atoms with Crippen LogP contribution in [0.3, 0.4) is 0 Å². The Hall–Kier alpha value is -2.14. The van der Waals surface area contributed by atoms with Gasteiger partial charge in [0, 0.05) is 25.0 Å². The smallest absolute Gasteiger partial charge is 0.258 e.